The molecule has 0 unspecified atom stereocenters. The van der Waals surface area contributed by atoms with Gasteiger partial charge in [-0.15, -0.1) is 0 Å². The molecule has 17 heavy (non-hydrogen) atoms. The summed E-state index contributed by atoms with van der Waals surface area (Å²) >= 11 is 11.8. The van der Waals surface area contributed by atoms with Gasteiger partial charge in [0.15, 0.2) is 0 Å². The van der Waals surface area contributed by atoms with Gasteiger partial charge in [0.25, 0.3) is 0 Å². The number of nitrogens with zero attached hydrogens (tertiary/aromatic N) is 1. The van der Waals surface area contributed by atoms with Crippen molar-refractivity contribution in [3.05, 3.63) is 33.8 Å². The first-order valence-corrected chi connectivity index (χ1v) is 5.75. The van der Waals surface area contributed by atoms with E-state index in [1.165, 1.54) is 0 Å². The number of carbonyl (C=O) groups is 1. The van der Waals surface area contributed by atoms with Gasteiger partial charge in [0.2, 0.25) is 5.91 Å². The third-order valence-corrected chi connectivity index (χ3v) is 2.71. The third-order valence-electron chi connectivity index (χ3n) is 2.28. The number of carbonyl (C=O) groups excluding carboxylic acids is 1. The number of benzene rings is 1. The van der Waals surface area contributed by atoms with E-state index in [-0.39, 0.29) is 12.3 Å². The molecule has 0 atom stereocenters. The average Bonchev–Trinajstić information content (AvgIpc) is 2.15. The molecule has 0 saturated heterocycles. The number of nitrogens with one attached hydrogen (secondary N) is 1. The van der Waals surface area contributed by atoms with Gasteiger partial charge in [0.05, 0.1) is 11.6 Å². The zero-order valence-corrected chi connectivity index (χ0v) is 11.1. The van der Waals surface area contributed by atoms with Crippen LogP contribution in [0.15, 0.2) is 18.2 Å². The molecular formula is C12H12Cl2N2O. The number of amides is 1. The molecule has 1 N–H and O–H groups in total. The maximum atomic E-state index is 11.4. The van der Waals surface area contributed by atoms with Crippen molar-refractivity contribution in [2.24, 2.45) is 0 Å². The lowest BCUT2D eigenvalue weighted by Crippen LogP contribution is -2.40. The molecule has 0 aliphatic heterocycles. The van der Waals surface area contributed by atoms with Crippen molar-refractivity contribution in [1.82, 2.24) is 5.32 Å². The molecule has 0 saturated carbocycles. The second kappa shape index (κ2) is 5.39. The van der Waals surface area contributed by atoms with E-state index in [0.717, 1.165) is 5.56 Å². The Morgan fingerprint density at radius 2 is 1.88 bits per heavy atom. The van der Waals surface area contributed by atoms with Crippen molar-refractivity contribution in [1.29, 1.82) is 5.26 Å². The molecule has 1 aromatic carbocycles. The van der Waals surface area contributed by atoms with Gasteiger partial charge in [0, 0.05) is 10.0 Å². The predicted octanol–water partition coefficient (Wildman–Crippen LogP) is 3.26. The van der Waals surface area contributed by atoms with Crippen LogP contribution in [0.25, 0.3) is 0 Å². The Labute approximate surface area is 110 Å². The standard InChI is InChI=1S/C12H12Cl2N2O/c1-12(2,16-11(17)3-4-15)8-5-9(13)7-10(14)6-8/h5-7H,3H2,1-2H3,(H,16,17). The molecule has 0 radical (unpaired) electrons. The largest absolute Gasteiger partial charge is 0.346 e. The summed E-state index contributed by atoms with van der Waals surface area (Å²) in [6.07, 6.45) is -0.169. The Balaban J connectivity index is 2.96. The number of rotatable bonds is 3. The summed E-state index contributed by atoms with van der Waals surface area (Å²) < 4.78 is 0. The molecule has 0 aliphatic carbocycles. The minimum Gasteiger partial charge on any atom is -0.346 e. The van der Waals surface area contributed by atoms with E-state index in [1.807, 2.05) is 13.8 Å². The summed E-state index contributed by atoms with van der Waals surface area (Å²) in [6.45, 7) is 3.65. The van der Waals surface area contributed by atoms with E-state index >= 15 is 0 Å². The molecule has 0 bridgehead atoms. The lowest BCUT2D eigenvalue weighted by Gasteiger charge is -2.27. The highest BCUT2D eigenvalue weighted by atomic mass is 35.5. The van der Waals surface area contributed by atoms with Crippen LogP contribution >= 0.6 is 23.2 Å². The monoisotopic (exact) mass is 270 g/mol. The minimum absolute atomic E-state index is 0.169. The zero-order chi connectivity index (χ0) is 13.1. The van der Waals surface area contributed by atoms with Crippen LogP contribution in [0.5, 0.6) is 0 Å². The van der Waals surface area contributed by atoms with Crippen molar-refractivity contribution in [3.63, 3.8) is 0 Å². The van der Waals surface area contributed by atoms with Gasteiger partial charge >= 0.3 is 0 Å². The number of halogens is 2. The van der Waals surface area contributed by atoms with E-state index < -0.39 is 5.54 Å². The predicted molar refractivity (Wildman–Crippen MR) is 67.9 cm³/mol. The van der Waals surface area contributed by atoms with Crippen LogP contribution in [0.2, 0.25) is 10.0 Å². The number of nitriles is 1. The Bertz CT molecular complexity index is 458. The molecule has 1 rings (SSSR count). The van der Waals surface area contributed by atoms with Crippen LogP contribution < -0.4 is 5.32 Å². The van der Waals surface area contributed by atoms with Gasteiger partial charge < -0.3 is 5.32 Å². The lowest BCUT2D eigenvalue weighted by atomic mass is 9.94. The van der Waals surface area contributed by atoms with Crippen molar-refractivity contribution in [2.45, 2.75) is 25.8 Å². The van der Waals surface area contributed by atoms with Crippen LogP contribution in [0.4, 0.5) is 0 Å². The fraction of sp³-hybridized carbons (Fsp3) is 0.333. The highest BCUT2D eigenvalue weighted by Crippen LogP contribution is 2.27. The Morgan fingerprint density at radius 1 is 1.35 bits per heavy atom. The van der Waals surface area contributed by atoms with Crippen LogP contribution in [-0.4, -0.2) is 5.91 Å². The first-order chi connectivity index (χ1) is 7.85. The summed E-state index contributed by atoms with van der Waals surface area (Å²) in [7, 11) is 0. The van der Waals surface area contributed by atoms with Gasteiger partial charge in [0.1, 0.15) is 6.42 Å². The van der Waals surface area contributed by atoms with Crippen LogP contribution in [0.1, 0.15) is 25.8 Å². The van der Waals surface area contributed by atoms with Gasteiger partial charge in [-0.1, -0.05) is 23.2 Å². The van der Waals surface area contributed by atoms with Crippen LogP contribution in [0.3, 0.4) is 0 Å². The van der Waals surface area contributed by atoms with Gasteiger partial charge in [-0.25, -0.2) is 0 Å². The molecule has 0 aliphatic rings. The molecule has 0 aromatic heterocycles. The molecule has 3 nitrogen and oxygen atoms in total. The second-order valence-corrected chi connectivity index (χ2v) is 5.04. The van der Waals surface area contributed by atoms with Crippen LogP contribution in [-0.2, 0) is 10.3 Å². The van der Waals surface area contributed by atoms with E-state index in [9.17, 15) is 4.79 Å². The first kappa shape index (κ1) is 13.8. The summed E-state index contributed by atoms with van der Waals surface area (Å²) in [6, 6.07) is 6.90. The molecule has 1 aromatic rings. The molecule has 0 spiro atoms. The number of hydrogen-bond donors (Lipinski definition) is 1. The highest BCUT2D eigenvalue weighted by Gasteiger charge is 2.23. The smallest absolute Gasteiger partial charge is 0.234 e. The maximum absolute atomic E-state index is 11.4. The van der Waals surface area contributed by atoms with Gasteiger partial charge in [-0.3, -0.25) is 4.79 Å². The van der Waals surface area contributed by atoms with Gasteiger partial charge in [-0.05, 0) is 37.6 Å². The van der Waals surface area contributed by atoms with Crippen molar-refractivity contribution >= 4 is 29.1 Å². The fourth-order valence-electron chi connectivity index (χ4n) is 1.45. The van der Waals surface area contributed by atoms with E-state index in [0.29, 0.717) is 10.0 Å². The summed E-state index contributed by atoms with van der Waals surface area (Å²) in [5.74, 6) is -0.325. The molecule has 0 heterocycles. The molecule has 5 heteroatoms. The van der Waals surface area contributed by atoms with E-state index in [1.54, 1.807) is 24.3 Å². The Kier molecular flexibility index (Phi) is 4.39. The molecule has 90 valence electrons. The molecule has 0 fully saturated rings. The number of hydrogen-bond acceptors (Lipinski definition) is 2. The Hall–Kier alpha value is -1.24. The van der Waals surface area contributed by atoms with Crippen molar-refractivity contribution in [2.75, 3.05) is 0 Å². The second-order valence-electron chi connectivity index (χ2n) is 4.17. The Morgan fingerprint density at radius 3 is 2.35 bits per heavy atom. The minimum atomic E-state index is -0.623. The van der Waals surface area contributed by atoms with E-state index in [4.69, 9.17) is 28.5 Å². The average molecular weight is 271 g/mol. The summed E-state index contributed by atoms with van der Waals surface area (Å²) in [5.41, 5.74) is 0.170. The lowest BCUT2D eigenvalue weighted by molar-refractivity contribution is -0.121. The highest BCUT2D eigenvalue weighted by molar-refractivity contribution is 6.34. The maximum Gasteiger partial charge on any atom is 0.234 e. The molecular weight excluding hydrogens is 259 g/mol. The normalized spacial score (nSPS) is 10.8. The van der Waals surface area contributed by atoms with E-state index in [2.05, 4.69) is 5.32 Å². The third kappa shape index (κ3) is 3.92. The van der Waals surface area contributed by atoms with Crippen molar-refractivity contribution in [3.8, 4) is 6.07 Å². The zero-order valence-electron chi connectivity index (χ0n) is 9.55. The summed E-state index contributed by atoms with van der Waals surface area (Å²) in [4.78, 5) is 11.4. The first-order valence-electron chi connectivity index (χ1n) is 4.99. The quantitative estimate of drug-likeness (QED) is 0.917. The van der Waals surface area contributed by atoms with Crippen LogP contribution in [0, 0.1) is 11.3 Å². The fourth-order valence-corrected chi connectivity index (χ4v) is 1.98. The summed E-state index contributed by atoms with van der Waals surface area (Å²) in [5, 5.41) is 12.2. The molecule has 1 amide bonds. The topological polar surface area (TPSA) is 52.9 Å². The SMILES string of the molecule is CC(C)(NC(=O)CC#N)c1cc(Cl)cc(Cl)c1. The van der Waals surface area contributed by atoms with Gasteiger partial charge in [-0.2, -0.15) is 5.26 Å². The van der Waals surface area contributed by atoms with Crippen molar-refractivity contribution < 1.29 is 4.79 Å².